The number of rotatable bonds is 6. The third-order valence-corrected chi connectivity index (χ3v) is 4.23. The van der Waals surface area contributed by atoms with Crippen molar-refractivity contribution in [3.8, 4) is 5.88 Å². The largest absolute Gasteiger partial charge is 0.471 e. The van der Waals surface area contributed by atoms with Crippen molar-refractivity contribution in [2.75, 3.05) is 5.73 Å². The molecule has 0 radical (unpaired) electrons. The number of hydrogen-bond acceptors (Lipinski definition) is 6. The Kier molecular flexibility index (Phi) is 4.67. The van der Waals surface area contributed by atoms with Crippen LogP contribution in [0.25, 0.3) is 11.2 Å². The Morgan fingerprint density at radius 1 is 0.926 bits per heavy atom. The number of nitrogen functional groups attached to an aromatic ring is 1. The predicted molar refractivity (Wildman–Crippen MR) is 102 cm³/mol. The number of anilines is 1. The fraction of sp³-hybridized carbons (Fsp3) is 0.150. The molecule has 0 atom stereocenters. The Balaban J connectivity index is 1.59. The van der Waals surface area contributed by atoms with Gasteiger partial charge in [-0.05, 0) is 16.7 Å². The molecule has 0 unspecified atom stereocenters. The monoisotopic (exact) mass is 361 g/mol. The van der Waals surface area contributed by atoms with Crippen molar-refractivity contribution in [1.29, 1.82) is 0 Å². The van der Waals surface area contributed by atoms with Gasteiger partial charge in [0.05, 0.1) is 19.5 Å². The number of nitrogens with zero attached hydrogens (tertiary/aromatic N) is 4. The molecule has 0 amide bonds. The van der Waals surface area contributed by atoms with Crippen molar-refractivity contribution in [1.82, 2.24) is 19.5 Å². The zero-order valence-corrected chi connectivity index (χ0v) is 14.6. The molecule has 27 heavy (non-hydrogen) atoms. The second-order valence-corrected chi connectivity index (χ2v) is 6.18. The molecule has 0 aliphatic rings. The second kappa shape index (κ2) is 7.43. The molecule has 4 rings (SSSR count). The van der Waals surface area contributed by atoms with E-state index in [4.69, 9.17) is 15.6 Å². The van der Waals surface area contributed by atoms with Crippen LogP contribution in [0, 0.1) is 0 Å². The third kappa shape index (κ3) is 3.73. The first-order valence-corrected chi connectivity index (χ1v) is 8.56. The van der Waals surface area contributed by atoms with E-state index in [2.05, 4.69) is 15.0 Å². The van der Waals surface area contributed by atoms with E-state index >= 15 is 0 Å². The third-order valence-electron chi connectivity index (χ3n) is 4.23. The van der Waals surface area contributed by atoms with E-state index in [-0.39, 0.29) is 12.6 Å². The standard InChI is InChI=1S/C20H19N5O2/c21-20-23-18-17(22-13-25(18)10-14-4-2-1-3-5-14)19(24-20)27-12-16-8-6-15(11-26)7-9-16/h1-9,13,26H,10-12H2,(H2,21,23,24). The maximum atomic E-state index is 9.12. The Labute approximate surface area is 156 Å². The number of nitrogens with two attached hydrogens (primary N) is 1. The van der Waals surface area contributed by atoms with Crippen LogP contribution in [0.15, 0.2) is 60.9 Å². The minimum Gasteiger partial charge on any atom is -0.471 e. The highest BCUT2D eigenvalue weighted by Crippen LogP contribution is 2.23. The lowest BCUT2D eigenvalue weighted by atomic mass is 10.1. The summed E-state index contributed by atoms with van der Waals surface area (Å²) in [6.07, 6.45) is 1.72. The molecule has 2 aromatic carbocycles. The molecule has 0 saturated carbocycles. The van der Waals surface area contributed by atoms with Crippen molar-refractivity contribution in [2.45, 2.75) is 19.8 Å². The van der Waals surface area contributed by atoms with E-state index in [0.717, 1.165) is 16.7 Å². The van der Waals surface area contributed by atoms with Gasteiger partial charge in [-0.1, -0.05) is 54.6 Å². The van der Waals surface area contributed by atoms with E-state index in [9.17, 15) is 0 Å². The minimum absolute atomic E-state index is 0.0169. The van der Waals surface area contributed by atoms with Gasteiger partial charge in [-0.25, -0.2) is 4.98 Å². The van der Waals surface area contributed by atoms with Crippen LogP contribution in [-0.4, -0.2) is 24.6 Å². The summed E-state index contributed by atoms with van der Waals surface area (Å²) in [4.78, 5) is 12.9. The lowest BCUT2D eigenvalue weighted by molar-refractivity contribution is 0.281. The molecule has 7 heteroatoms. The van der Waals surface area contributed by atoms with Gasteiger partial charge < -0.3 is 20.1 Å². The summed E-state index contributed by atoms with van der Waals surface area (Å²) in [6, 6.07) is 17.6. The molecule has 2 aromatic heterocycles. The van der Waals surface area contributed by atoms with E-state index in [0.29, 0.717) is 30.2 Å². The minimum atomic E-state index is 0.0169. The molecule has 0 bridgehead atoms. The maximum Gasteiger partial charge on any atom is 0.247 e. The van der Waals surface area contributed by atoms with Gasteiger partial charge in [0.15, 0.2) is 11.2 Å². The predicted octanol–water partition coefficient (Wildman–Crippen LogP) is 2.53. The lowest BCUT2D eigenvalue weighted by Gasteiger charge is -2.08. The number of benzene rings is 2. The molecule has 2 heterocycles. The molecule has 0 aliphatic heterocycles. The average Bonchev–Trinajstić information content (AvgIpc) is 3.10. The smallest absolute Gasteiger partial charge is 0.247 e. The number of aliphatic hydroxyl groups is 1. The maximum absolute atomic E-state index is 9.12. The zero-order chi connectivity index (χ0) is 18.6. The molecular weight excluding hydrogens is 342 g/mol. The molecular formula is C20H19N5O2. The molecule has 0 aliphatic carbocycles. The summed E-state index contributed by atoms with van der Waals surface area (Å²) >= 11 is 0. The van der Waals surface area contributed by atoms with Gasteiger partial charge in [-0.15, -0.1) is 0 Å². The number of fused-ring (bicyclic) bond motifs is 1. The Morgan fingerprint density at radius 2 is 1.67 bits per heavy atom. The molecule has 0 saturated heterocycles. The first-order chi connectivity index (χ1) is 13.2. The van der Waals surface area contributed by atoms with Gasteiger partial charge in [0.25, 0.3) is 0 Å². The summed E-state index contributed by atoms with van der Waals surface area (Å²) in [5.41, 5.74) is 10.0. The Morgan fingerprint density at radius 3 is 2.41 bits per heavy atom. The van der Waals surface area contributed by atoms with E-state index < -0.39 is 0 Å². The van der Waals surface area contributed by atoms with E-state index in [1.807, 2.05) is 59.2 Å². The number of aliphatic hydroxyl groups excluding tert-OH is 1. The zero-order valence-electron chi connectivity index (χ0n) is 14.6. The van der Waals surface area contributed by atoms with Crippen LogP contribution in [-0.2, 0) is 19.8 Å². The van der Waals surface area contributed by atoms with Crippen LogP contribution in [0.5, 0.6) is 5.88 Å². The quantitative estimate of drug-likeness (QED) is 0.547. The first kappa shape index (κ1) is 17.0. The van der Waals surface area contributed by atoms with Crippen LogP contribution < -0.4 is 10.5 Å². The summed E-state index contributed by atoms with van der Waals surface area (Å²) in [7, 11) is 0. The van der Waals surface area contributed by atoms with Crippen molar-refractivity contribution in [3.05, 3.63) is 77.6 Å². The highest BCUT2D eigenvalue weighted by molar-refractivity contribution is 5.77. The molecule has 7 nitrogen and oxygen atoms in total. The van der Waals surface area contributed by atoms with E-state index in [1.165, 1.54) is 0 Å². The fourth-order valence-corrected chi connectivity index (χ4v) is 2.82. The molecule has 4 aromatic rings. The second-order valence-electron chi connectivity index (χ2n) is 6.18. The molecule has 136 valence electrons. The van der Waals surface area contributed by atoms with Gasteiger partial charge in [-0.2, -0.15) is 9.97 Å². The van der Waals surface area contributed by atoms with Crippen molar-refractivity contribution in [2.24, 2.45) is 0 Å². The van der Waals surface area contributed by atoms with Crippen LogP contribution in [0.1, 0.15) is 16.7 Å². The lowest BCUT2D eigenvalue weighted by Crippen LogP contribution is -2.05. The van der Waals surface area contributed by atoms with Crippen LogP contribution in [0.2, 0.25) is 0 Å². The number of hydrogen-bond donors (Lipinski definition) is 2. The number of imidazole rings is 1. The summed E-state index contributed by atoms with van der Waals surface area (Å²) in [6.45, 7) is 0.974. The normalized spacial score (nSPS) is 11.0. The molecule has 0 fully saturated rings. The highest BCUT2D eigenvalue weighted by atomic mass is 16.5. The van der Waals surface area contributed by atoms with Gasteiger partial charge in [0.2, 0.25) is 11.8 Å². The molecule has 0 spiro atoms. The summed E-state index contributed by atoms with van der Waals surface area (Å²) in [5.74, 6) is 0.499. The number of aromatic nitrogens is 4. The average molecular weight is 361 g/mol. The Hall–Kier alpha value is -3.45. The van der Waals surface area contributed by atoms with Crippen LogP contribution in [0.4, 0.5) is 5.95 Å². The topological polar surface area (TPSA) is 99.1 Å². The Bertz CT molecular complexity index is 1050. The summed E-state index contributed by atoms with van der Waals surface area (Å²) < 4.78 is 7.78. The van der Waals surface area contributed by atoms with Crippen molar-refractivity contribution < 1.29 is 9.84 Å². The van der Waals surface area contributed by atoms with Gasteiger partial charge >= 0.3 is 0 Å². The number of ether oxygens (including phenoxy) is 1. The SMILES string of the molecule is Nc1nc(OCc2ccc(CO)cc2)c2ncn(Cc3ccccc3)c2n1. The van der Waals surface area contributed by atoms with Crippen molar-refractivity contribution in [3.63, 3.8) is 0 Å². The highest BCUT2D eigenvalue weighted by Gasteiger charge is 2.14. The van der Waals surface area contributed by atoms with Crippen LogP contribution >= 0.6 is 0 Å². The fourth-order valence-electron chi connectivity index (χ4n) is 2.82. The summed E-state index contributed by atoms with van der Waals surface area (Å²) in [5, 5.41) is 9.12. The van der Waals surface area contributed by atoms with Gasteiger partial charge in [0.1, 0.15) is 6.61 Å². The van der Waals surface area contributed by atoms with Gasteiger partial charge in [0, 0.05) is 0 Å². The first-order valence-electron chi connectivity index (χ1n) is 8.56. The van der Waals surface area contributed by atoms with Crippen LogP contribution in [0.3, 0.4) is 0 Å². The van der Waals surface area contributed by atoms with Crippen molar-refractivity contribution >= 4 is 17.1 Å². The molecule has 3 N–H and O–H groups in total. The van der Waals surface area contributed by atoms with E-state index in [1.54, 1.807) is 6.33 Å². The van der Waals surface area contributed by atoms with Gasteiger partial charge in [-0.3, -0.25) is 0 Å².